The van der Waals surface area contributed by atoms with Crippen LogP contribution >= 0.6 is 23.1 Å². The van der Waals surface area contributed by atoms with Crippen LogP contribution in [-0.4, -0.2) is 26.0 Å². The molecule has 0 saturated carbocycles. The normalized spacial score (nSPS) is 14.4. The van der Waals surface area contributed by atoms with E-state index in [4.69, 9.17) is 0 Å². The number of thiophene rings is 1. The van der Waals surface area contributed by atoms with Crippen LogP contribution in [-0.2, 0) is 17.6 Å². The zero-order valence-electron chi connectivity index (χ0n) is 16.1. The highest BCUT2D eigenvalue weighted by Gasteiger charge is 2.23. The lowest BCUT2D eigenvalue weighted by atomic mass is 9.97. The number of rotatable bonds is 5. The number of nitrogens with one attached hydrogen (secondary N) is 1. The second kappa shape index (κ2) is 8.08. The second-order valence-electron chi connectivity index (χ2n) is 7.08. The van der Waals surface area contributed by atoms with Crippen molar-refractivity contribution in [3.63, 3.8) is 0 Å². The first-order valence-electron chi connectivity index (χ1n) is 9.42. The molecule has 1 aliphatic rings. The Morgan fingerprint density at radius 1 is 1.31 bits per heavy atom. The summed E-state index contributed by atoms with van der Waals surface area (Å²) in [6.45, 7) is 3.58. The van der Waals surface area contributed by atoms with Gasteiger partial charge in [-0.05, 0) is 56.7 Å². The highest BCUT2D eigenvalue weighted by atomic mass is 32.2. The zero-order chi connectivity index (χ0) is 20.5. The lowest BCUT2D eigenvalue weighted by molar-refractivity contribution is -0.384. The number of amides is 1. The van der Waals surface area contributed by atoms with Crippen molar-refractivity contribution in [2.75, 3.05) is 5.32 Å². The van der Waals surface area contributed by atoms with E-state index in [-0.39, 0.29) is 16.8 Å². The van der Waals surface area contributed by atoms with Gasteiger partial charge in [-0.1, -0.05) is 11.8 Å². The number of carbonyl (C=O) groups excluding carboxylic acids is 1. The number of nitrogens with zero attached hydrogens (tertiary/aromatic N) is 3. The average molecular weight is 429 g/mol. The minimum atomic E-state index is -0.445. The number of hydrogen-bond donors (Lipinski definition) is 1. The van der Waals surface area contributed by atoms with Crippen LogP contribution in [0.4, 0.5) is 11.4 Å². The Balaban J connectivity index is 1.54. The van der Waals surface area contributed by atoms with Gasteiger partial charge in [-0.2, -0.15) is 0 Å². The van der Waals surface area contributed by atoms with E-state index in [9.17, 15) is 14.9 Å². The van der Waals surface area contributed by atoms with Crippen molar-refractivity contribution >= 4 is 50.6 Å². The number of thioether (sulfide) groups is 1. The Morgan fingerprint density at radius 2 is 2.10 bits per heavy atom. The van der Waals surface area contributed by atoms with E-state index in [1.807, 2.05) is 6.92 Å². The van der Waals surface area contributed by atoms with Gasteiger partial charge < -0.3 is 5.32 Å². The predicted octanol–water partition coefficient (Wildman–Crippen LogP) is 4.91. The zero-order valence-corrected chi connectivity index (χ0v) is 17.7. The number of aromatic nitrogens is 2. The highest BCUT2D eigenvalue weighted by Crippen LogP contribution is 2.40. The van der Waals surface area contributed by atoms with Gasteiger partial charge in [-0.3, -0.25) is 14.9 Å². The van der Waals surface area contributed by atoms with Crippen LogP contribution in [0.2, 0.25) is 0 Å². The maximum absolute atomic E-state index is 12.7. The van der Waals surface area contributed by atoms with Crippen molar-refractivity contribution in [2.24, 2.45) is 0 Å². The molecule has 9 heteroatoms. The summed E-state index contributed by atoms with van der Waals surface area (Å²) in [5, 5.41) is 15.3. The number of anilines is 1. The van der Waals surface area contributed by atoms with Gasteiger partial charge in [0.2, 0.25) is 5.91 Å². The minimum absolute atomic E-state index is 0.00790. The van der Waals surface area contributed by atoms with Crippen LogP contribution in [0.25, 0.3) is 10.2 Å². The predicted molar refractivity (Wildman–Crippen MR) is 116 cm³/mol. The SMILES string of the molecule is Cc1cc([N+](=O)[O-])ccc1NC(=O)C(C)Sc1ncnc2sc3c(c12)CCCC3. The first-order chi connectivity index (χ1) is 13.9. The fourth-order valence-electron chi connectivity index (χ4n) is 3.51. The molecule has 1 N–H and O–H groups in total. The third-order valence-electron chi connectivity index (χ3n) is 5.05. The molecule has 2 heterocycles. The summed E-state index contributed by atoms with van der Waals surface area (Å²) in [7, 11) is 0. The second-order valence-corrected chi connectivity index (χ2v) is 9.49. The third kappa shape index (κ3) is 3.97. The van der Waals surface area contributed by atoms with E-state index < -0.39 is 4.92 Å². The van der Waals surface area contributed by atoms with Crippen LogP contribution in [0.3, 0.4) is 0 Å². The van der Waals surface area contributed by atoms with Crippen LogP contribution in [0.15, 0.2) is 29.6 Å². The number of benzene rings is 1. The smallest absolute Gasteiger partial charge is 0.269 e. The average Bonchev–Trinajstić information content (AvgIpc) is 3.08. The summed E-state index contributed by atoms with van der Waals surface area (Å²) in [4.78, 5) is 34.5. The Morgan fingerprint density at radius 3 is 2.86 bits per heavy atom. The monoisotopic (exact) mass is 428 g/mol. The Hall–Kier alpha value is -2.52. The van der Waals surface area contributed by atoms with Gasteiger partial charge in [-0.25, -0.2) is 9.97 Å². The summed E-state index contributed by atoms with van der Waals surface area (Å²) >= 11 is 3.16. The largest absolute Gasteiger partial charge is 0.325 e. The quantitative estimate of drug-likeness (QED) is 0.268. The fourth-order valence-corrected chi connectivity index (χ4v) is 5.75. The van der Waals surface area contributed by atoms with Gasteiger partial charge in [0, 0.05) is 28.1 Å². The van der Waals surface area contributed by atoms with Crippen molar-refractivity contribution < 1.29 is 9.72 Å². The van der Waals surface area contributed by atoms with Gasteiger partial charge in [0.05, 0.1) is 10.2 Å². The molecule has 29 heavy (non-hydrogen) atoms. The summed E-state index contributed by atoms with van der Waals surface area (Å²) < 4.78 is 0. The summed E-state index contributed by atoms with van der Waals surface area (Å²) in [6, 6.07) is 4.42. The van der Waals surface area contributed by atoms with Gasteiger partial charge in [0.25, 0.3) is 5.69 Å². The van der Waals surface area contributed by atoms with E-state index in [1.165, 1.54) is 47.2 Å². The van der Waals surface area contributed by atoms with Crippen molar-refractivity contribution in [1.82, 2.24) is 9.97 Å². The number of fused-ring (bicyclic) bond motifs is 3. The number of hydrogen-bond acceptors (Lipinski definition) is 7. The van der Waals surface area contributed by atoms with E-state index in [1.54, 1.807) is 30.7 Å². The molecule has 0 spiro atoms. The number of non-ortho nitro benzene ring substituents is 1. The van der Waals surface area contributed by atoms with Gasteiger partial charge in [0.15, 0.2) is 0 Å². The van der Waals surface area contributed by atoms with Crippen LogP contribution in [0, 0.1) is 17.0 Å². The molecule has 7 nitrogen and oxygen atoms in total. The molecule has 1 aliphatic carbocycles. The molecule has 0 fully saturated rings. The molecule has 4 rings (SSSR count). The molecule has 0 aliphatic heterocycles. The molecule has 3 aromatic rings. The Kier molecular flexibility index (Phi) is 5.51. The molecule has 0 bridgehead atoms. The van der Waals surface area contributed by atoms with Crippen LogP contribution in [0.5, 0.6) is 0 Å². The van der Waals surface area contributed by atoms with Crippen molar-refractivity contribution in [2.45, 2.75) is 49.8 Å². The molecule has 1 atom stereocenters. The number of nitro groups is 1. The molecule has 1 unspecified atom stereocenters. The number of nitro benzene ring substituents is 1. The first kappa shape index (κ1) is 19.8. The Labute approximate surface area is 176 Å². The van der Waals surface area contributed by atoms with Gasteiger partial charge in [-0.15, -0.1) is 11.3 Å². The Bertz CT molecular complexity index is 1110. The molecule has 0 radical (unpaired) electrons. The van der Waals surface area contributed by atoms with E-state index in [0.717, 1.165) is 28.1 Å². The van der Waals surface area contributed by atoms with Crippen molar-refractivity contribution in [3.8, 4) is 0 Å². The van der Waals surface area contributed by atoms with Gasteiger partial charge >= 0.3 is 0 Å². The molecule has 2 aromatic heterocycles. The number of aryl methyl sites for hydroxylation is 3. The van der Waals surface area contributed by atoms with E-state index >= 15 is 0 Å². The maximum atomic E-state index is 12.7. The molecular weight excluding hydrogens is 408 g/mol. The molecule has 0 saturated heterocycles. The fraction of sp³-hybridized carbons (Fsp3) is 0.350. The molecule has 1 aromatic carbocycles. The standard InChI is InChI=1S/C20H20N4O3S2/c1-11-9-13(24(26)27)7-8-15(11)23-18(25)12(2)28-19-17-14-5-3-4-6-16(14)29-20(17)22-10-21-19/h7-10,12H,3-6H2,1-2H3,(H,23,25). The van der Waals surface area contributed by atoms with E-state index in [2.05, 4.69) is 15.3 Å². The molecular formula is C20H20N4O3S2. The van der Waals surface area contributed by atoms with E-state index in [0.29, 0.717) is 11.3 Å². The lowest BCUT2D eigenvalue weighted by Gasteiger charge is -2.15. The first-order valence-corrected chi connectivity index (χ1v) is 11.1. The lowest BCUT2D eigenvalue weighted by Crippen LogP contribution is -2.23. The third-order valence-corrected chi connectivity index (χ3v) is 7.35. The van der Waals surface area contributed by atoms with Gasteiger partial charge in [0.1, 0.15) is 16.2 Å². The highest BCUT2D eigenvalue weighted by molar-refractivity contribution is 8.00. The van der Waals surface area contributed by atoms with Crippen LogP contribution < -0.4 is 5.32 Å². The maximum Gasteiger partial charge on any atom is 0.269 e. The summed E-state index contributed by atoms with van der Waals surface area (Å²) in [6.07, 6.45) is 6.09. The molecule has 1 amide bonds. The summed E-state index contributed by atoms with van der Waals surface area (Å²) in [5.41, 5.74) is 2.58. The van der Waals surface area contributed by atoms with Crippen molar-refractivity contribution in [3.05, 3.63) is 50.6 Å². The number of carbonyl (C=O) groups is 1. The minimum Gasteiger partial charge on any atom is -0.325 e. The molecule has 150 valence electrons. The van der Waals surface area contributed by atoms with Crippen LogP contribution in [0.1, 0.15) is 35.8 Å². The van der Waals surface area contributed by atoms with Crippen molar-refractivity contribution in [1.29, 1.82) is 0 Å². The summed E-state index contributed by atoms with van der Waals surface area (Å²) in [5.74, 6) is -0.164. The topological polar surface area (TPSA) is 98.0 Å².